The fraction of sp³-hybridized carbons (Fsp3) is 0.333. The Hall–Kier alpha value is 0.119. The molecule has 1 aliphatic carbocycles. The Morgan fingerprint density at radius 2 is 2.06 bits per heavy atom. The van der Waals surface area contributed by atoms with Crippen LogP contribution in [0, 0.1) is 0 Å². The summed E-state index contributed by atoms with van der Waals surface area (Å²) < 4.78 is 1.57. The van der Waals surface area contributed by atoms with Crippen molar-refractivity contribution in [3.8, 4) is 0 Å². The number of allylic oxidation sites excluding steroid dienone is 1. The van der Waals surface area contributed by atoms with Gasteiger partial charge in [-0.05, 0) is 0 Å². The first-order chi connectivity index (χ1) is 7.43. The van der Waals surface area contributed by atoms with Gasteiger partial charge in [0.2, 0.25) is 0 Å². The number of hydrogen-bond donors (Lipinski definition) is 0. The third-order valence-electron chi connectivity index (χ3n) is 3.05. The van der Waals surface area contributed by atoms with Crippen LogP contribution in [0.1, 0.15) is 21.8 Å². The first-order valence-corrected chi connectivity index (χ1v) is 7.27. The average molecular weight is 300 g/mol. The molecule has 2 unspecified atom stereocenters. The number of fused-ring (bicyclic) bond motifs is 1. The molecule has 1 aromatic carbocycles. The Balaban J connectivity index is 0.000000722. The van der Waals surface area contributed by atoms with Crippen molar-refractivity contribution < 1.29 is 44.0 Å². The molecule has 0 saturated carbocycles. The van der Waals surface area contributed by atoms with E-state index in [1.165, 1.54) is 12.0 Å². The zero-order valence-electron chi connectivity index (χ0n) is 9.31. The van der Waals surface area contributed by atoms with Gasteiger partial charge in [-0.25, -0.2) is 0 Å². The Bertz CT molecular complexity index is 436. The van der Waals surface area contributed by atoms with Gasteiger partial charge in [0.05, 0.1) is 0 Å². The van der Waals surface area contributed by atoms with E-state index in [9.17, 15) is 0 Å². The number of benzene rings is 1. The van der Waals surface area contributed by atoms with Crippen LogP contribution in [0.25, 0.3) is 6.08 Å². The van der Waals surface area contributed by atoms with E-state index < -0.39 is 0 Å². The molecule has 2 atom stereocenters. The van der Waals surface area contributed by atoms with Crippen LogP contribution in [0.2, 0.25) is 4.12 Å². The summed E-state index contributed by atoms with van der Waals surface area (Å²) in [5.41, 5.74) is 2.99. The second-order valence-electron chi connectivity index (χ2n) is 4.08. The molecule has 1 aliphatic heterocycles. The Labute approximate surface area is 124 Å². The predicted octanol–water partition coefficient (Wildman–Crippen LogP) is -3.12. The van der Waals surface area contributed by atoms with Gasteiger partial charge in [-0.15, -0.1) is 0 Å². The maximum absolute atomic E-state index is 4.34. The van der Waals surface area contributed by atoms with E-state index in [0.29, 0.717) is 0 Å². The molecule has 1 heterocycles. The molecule has 2 aliphatic rings. The summed E-state index contributed by atoms with van der Waals surface area (Å²) in [6.07, 6.45) is 5.99. The minimum atomic E-state index is 0. The van der Waals surface area contributed by atoms with E-state index >= 15 is 0 Å². The van der Waals surface area contributed by atoms with Crippen LogP contribution in [0.15, 0.2) is 35.2 Å². The predicted molar refractivity (Wildman–Crippen MR) is 59.6 cm³/mol. The summed E-state index contributed by atoms with van der Waals surface area (Å²) in [4.78, 5) is 4.34. The van der Waals surface area contributed by atoms with E-state index in [1.807, 2.05) is 0 Å². The molecule has 1 nitrogen and oxygen atoms in total. The van der Waals surface area contributed by atoms with Crippen LogP contribution in [0.4, 0.5) is 0 Å². The van der Waals surface area contributed by atoms with Crippen molar-refractivity contribution in [3.63, 3.8) is 0 Å². The van der Waals surface area contributed by atoms with Crippen molar-refractivity contribution in [1.82, 2.24) is 0 Å². The van der Waals surface area contributed by atoms with E-state index in [1.54, 1.807) is 5.56 Å². The van der Waals surface area contributed by atoms with Crippen molar-refractivity contribution in [1.29, 1.82) is 0 Å². The zero-order chi connectivity index (χ0) is 10.1. The maximum atomic E-state index is 4.34. The molecule has 0 bridgehead atoms. The summed E-state index contributed by atoms with van der Waals surface area (Å²) in [6, 6.07) is 8.80. The van der Waals surface area contributed by atoms with Gasteiger partial charge in [-0.1, -0.05) is 0 Å². The standard InChI is InChI=1S/C9H7.C3H5BN.2ClH.Ti/c1-2-5-9-7-3-6-8(9)4-1;1-2-4-5-3-1;;;/h1-7H;2H,1,3H2;2*1H;/q;;;;+2/p-2. The van der Waals surface area contributed by atoms with Gasteiger partial charge < -0.3 is 24.8 Å². The van der Waals surface area contributed by atoms with Crippen molar-refractivity contribution >= 4 is 13.1 Å². The summed E-state index contributed by atoms with van der Waals surface area (Å²) in [7, 11) is 2.20. The molecule has 0 amide bonds. The quantitative estimate of drug-likeness (QED) is 0.513. The van der Waals surface area contributed by atoms with E-state index in [0.717, 1.165) is 14.9 Å². The molecular formula is C12H12BCl2NTi. The molecule has 0 fully saturated rings. The molecule has 3 rings (SSSR count). The third kappa shape index (κ3) is 3.32. The Morgan fingerprint density at radius 1 is 1.24 bits per heavy atom. The molecule has 1 aromatic rings. The molecule has 0 spiro atoms. The minimum Gasteiger partial charge on any atom is -1.00 e. The first kappa shape index (κ1) is 15.2. The minimum absolute atomic E-state index is 0. The van der Waals surface area contributed by atoms with Gasteiger partial charge in [0.1, 0.15) is 0 Å². The van der Waals surface area contributed by atoms with Crippen molar-refractivity contribution in [2.45, 2.75) is 14.8 Å². The van der Waals surface area contributed by atoms with Gasteiger partial charge in [0.15, 0.2) is 0 Å². The summed E-state index contributed by atoms with van der Waals surface area (Å²) in [5, 5.41) is 0. The Kier molecular flexibility index (Phi) is 6.15. The molecule has 0 radical (unpaired) electrons. The van der Waals surface area contributed by atoms with Gasteiger partial charge >= 0.3 is 100.0 Å². The van der Waals surface area contributed by atoms with Crippen molar-refractivity contribution in [3.05, 3.63) is 41.5 Å². The fourth-order valence-electron chi connectivity index (χ4n) is 2.24. The summed E-state index contributed by atoms with van der Waals surface area (Å²) in [6.45, 7) is 1.06. The number of hydrogen-bond acceptors (Lipinski definition) is 1. The normalized spacial score (nSPS) is 23.1. The molecular weight excluding hydrogens is 288 g/mol. The second kappa shape index (κ2) is 6.89. The van der Waals surface area contributed by atoms with Crippen LogP contribution >= 0.6 is 0 Å². The summed E-state index contributed by atoms with van der Waals surface area (Å²) >= 11 is 0.0508. The van der Waals surface area contributed by atoms with Crippen molar-refractivity contribution in [2.75, 3.05) is 6.54 Å². The maximum Gasteiger partial charge on any atom is -1.00 e. The second-order valence-corrected chi connectivity index (χ2v) is 6.73. The molecule has 86 valence electrons. The van der Waals surface area contributed by atoms with Crippen LogP contribution in [-0.2, 0) is 19.2 Å². The largest absolute Gasteiger partial charge is 1.00 e. The third-order valence-corrected chi connectivity index (χ3v) is 5.75. The van der Waals surface area contributed by atoms with Gasteiger partial charge in [-0.3, -0.25) is 0 Å². The van der Waals surface area contributed by atoms with E-state index in [2.05, 4.69) is 48.4 Å². The SMILES string of the molecule is B1=NCC[CH]1[Ti+2][CH]1C=Cc2ccccc21.[Cl-].[Cl-]. The van der Waals surface area contributed by atoms with Gasteiger partial charge in [-0.2, -0.15) is 0 Å². The molecule has 5 heteroatoms. The topological polar surface area (TPSA) is 12.4 Å². The molecule has 0 saturated heterocycles. The Morgan fingerprint density at radius 3 is 2.82 bits per heavy atom. The van der Waals surface area contributed by atoms with E-state index in [-0.39, 0.29) is 44.0 Å². The summed E-state index contributed by atoms with van der Waals surface area (Å²) in [5.74, 6) is 0. The fourth-order valence-corrected chi connectivity index (χ4v) is 4.74. The van der Waals surface area contributed by atoms with Crippen LogP contribution < -0.4 is 24.8 Å². The van der Waals surface area contributed by atoms with Crippen LogP contribution in [-0.4, -0.2) is 13.6 Å². The first-order valence-electron chi connectivity index (χ1n) is 5.46. The molecule has 0 N–H and O–H groups in total. The van der Waals surface area contributed by atoms with Crippen molar-refractivity contribution in [2.24, 2.45) is 4.90 Å². The van der Waals surface area contributed by atoms with Crippen LogP contribution in [0.3, 0.4) is 0 Å². The van der Waals surface area contributed by atoms with E-state index in [4.69, 9.17) is 0 Å². The molecule has 17 heavy (non-hydrogen) atoms. The number of halogens is 2. The monoisotopic (exact) mass is 299 g/mol. The van der Waals surface area contributed by atoms with Gasteiger partial charge in [0, 0.05) is 0 Å². The van der Waals surface area contributed by atoms with Crippen LogP contribution in [0.5, 0.6) is 0 Å². The number of rotatable bonds is 2. The average Bonchev–Trinajstić information content (AvgIpc) is 2.89. The molecule has 0 aromatic heterocycles. The number of nitrogens with zero attached hydrogens (tertiary/aromatic N) is 1. The zero-order valence-corrected chi connectivity index (χ0v) is 12.4. The van der Waals surface area contributed by atoms with Gasteiger partial charge in [0.25, 0.3) is 0 Å². The smallest absolute Gasteiger partial charge is 1.00 e.